The minimum Gasteiger partial charge on any atom is -0.383 e. The summed E-state index contributed by atoms with van der Waals surface area (Å²) in [5.74, 6) is 0. The molecule has 1 aromatic rings. The van der Waals surface area contributed by atoms with Crippen molar-refractivity contribution in [3.8, 4) is 0 Å². The molecule has 82 valence electrons. The van der Waals surface area contributed by atoms with Gasteiger partial charge in [-0.25, -0.2) is 0 Å². The Hall–Kier alpha value is -1.46. The van der Waals surface area contributed by atoms with Gasteiger partial charge >= 0.3 is 0 Å². The van der Waals surface area contributed by atoms with Crippen molar-refractivity contribution < 1.29 is 9.66 Å². The molecule has 0 saturated carbocycles. The minimum absolute atomic E-state index is 0.0727. The molecule has 0 aliphatic heterocycles. The molecule has 0 heterocycles. The number of hydrogen-bond acceptors (Lipinski definition) is 4. The van der Waals surface area contributed by atoms with Gasteiger partial charge in [0.25, 0.3) is 5.69 Å². The highest BCUT2D eigenvalue weighted by Crippen LogP contribution is 2.12. The van der Waals surface area contributed by atoms with E-state index in [1.807, 2.05) is 0 Å². The number of benzene rings is 1. The number of ether oxygens (including phenoxy) is 1. The zero-order valence-corrected chi connectivity index (χ0v) is 8.55. The van der Waals surface area contributed by atoms with Crippen LogP contribution in [0.5, 0.6) is 0 Å². The number of non-ortho nitro benzene ring substituents is 1. The minimum atomic E-state index is -0.418. The maximum absolute atomic E-state index is 10.4. The summed E-state index contributed by atoms with van der Waals surface area (Å²) in [7, 11) is 1.59. The largest absolute Gasteiger partial charge is 0.383 e. The van der Waals surface area contributed by atoms with Gasteiger partial charge in [0, 0.05) is 25.3 Å². The summed E-state index contributed by atoms with van der Waals surface area (Å²) in [5, 5.41) is 10.4. The van der Waals surface area contributed by atoms with Crippen molar-refractivity contribution in [1.29, 1.82) is 0 Å². The number of hydrogen-bond donors (Lipinski definition) is 1. The first kappa shape index (κ1) is 11.6. The van der Waals surface area contributed by atoms with E-state index in [4.69, 9.17) is 10.5 Å². The van der Waals surface area contributed by atoms with Crippen LogP contribution in [0.3, 0.4) is 0 Å². The Morgan fingerprint density at radius 1 is 1.47 bits per heavy atom. The average Bonchev–Trinajstić information content (AvgIpc) is 2.18. The summed E-state index contributed by atoms with van der Waals surface area (Å²) in [4.78, 5) is 9.98. The van der Waals surface area contributed by atoms with Crippen molar-refractivity contribution >= 4 is 5.69 Å². The summed E-state index contributed by atoms with van der Waals surface area (Å²) in [5.41, 5.74) is 6.83. The molecule has 0 spiro atoms. The highest BCUT2D eigenvalue weighted by atomic mass is 16.6. The van der Waals surface area contributed by atoms with Gasteiger partial charge in [-0.2, -0.15) is 0 Å². The Labute approximate surface area is 88.0 Å². The Kier molecular flexibility index (Phi) is 4.20. The van der Waals surface area contributed by atoms with Gasteiger partial charge in [-0.1, -0.05) is 12.1 Å². The van der Waals surface area contributed by atoms with Gasteiger partial charge in [-0.15, -0.1) is 0 Å². The van der Waals surface area contributed by atoms with E-state index in [-0.39, 0.29) is 11.7 Å². The lowest BCUT2D eigenvalue weighted by Gasteiger charge is -2.09. The molecule has 1 rings (SSSR count). The van der Waals surface area contributed by atoms with E-state index < -0.39 is 4.92 Å². The average molecular weight is 210 g/mol. The zero-order chi connectivity index (χ0) is 11.3. The molecule has 0 radical (unpaired) electrons. The maximum Gasteiger partial charge on any atom is 0.269 e. The molecule has 1 atom stereocenters. The van der Waals surface area contributed by atoms with Gasteiger partial charge in [0.05, 0.1) is 11.5 Å². The van der Waals surface area contributed by atoms with Crippen LogP contribution >= 0.6 is 0 Å². The van der Waals surface area contributed by atoms with Crippen molar-refractivity contribution in [1.82, 2.24) is 0 Å². The van der Waals surface area contributed by atoms with Crippen LogP contribution in [0.4, 0.5) is 5.69 Å². The standard InChI is InChI=1S/C10H14N2O3/c1-15-7-9(11)6-8-2-4-10(5-3-8)12(13)14/h2-5,9H,6-7,11H2,1H3/t9-/m1/s1. The molecular formula is C10H14N2O3. The van der Waals surface area contributed by atoms with Gasteiger partial charge < -0.3 is 10.5 Å². The van der Waals surface area contributed by atoms with Crippen LogP contribution in [-0.2, 0) is 11.2 Å². The monoisotopic (exact) mass is 210 g/mol. The van der Waals surface area contributed by atoms with Gasteiger partial charge in [0.15, 0.2) is 0 Å². The van der Waals surface area contributed by atoms with Crippen LogP contribution in [0.1, 0.15) is 5.56 Å². The predicted octanol–water partition coefficient (Wildman–Crippen LogP) is 1.11. The highest BCUT2D eigenvalue weighted by molar-refractivity contribution is 5.33. The second-order valence-electron chi connectivity index (χ2n) is 3.34. The lowest BCUT2D eigenvalue weighted by atomic mass is 10.1. The van der Waals surface area contributed by atoms with Crippen LogP contribution in [0.15, 0.2) is 24.3 Å². The van der Waals surface area contributed by atoms with E-state index in [2.05, 4.69) is 0 Å². The third kappa shape index (κ3) is 3.65. The number of nitrogens with two attached hydrogens (primary N) is 1. The molecule has 0 fully saturated rings. The molecular weight excluding hydrogens is 196 g/mol. The summed E-state index contributed by atoms with van der Waals surface area (Å²) in [6.07, 6.45) is 0.659. The zero-order valence-electron chi connectivity index (χ0n) is 8.55. The lowest BCUT2D eigenvalue weighted by molar-refractivity contribution is -0.384. The fourth-order valence-corrected chi connectivity index (χ4v) is 1.33. The van der Waals surface area contributed by atoms with Crippen LogP contribution < -0.4 is 5.73 Å². The molecule has 0 unspecified atom stereocenters. The van der Waals surface area contributed by atoms with Gasteiger partial charge in [-0.3, -0.25) is 10.1 Å². The Morgan fingerprint density at radius 3 is 2.53 bits per heavy atom. The Morgan fingerprint density at radius 2 is 2.07 bits per heavy atom. The number of nitrogens with zero attached hydrogens (tertiary/aromatic N) is 1. The normalized spacial score (nSPS) is 12.4. The van der Waals surface area contributed by atoms with Crippen LogP contribution in [-0.4, -0.2) is 24.7 Å². The van der Waals surface area contributed by atoms with E-state index in [1.165, 1.54) is 12.1 Å². The SMILES string of the molecule is COC[C@H](N)Cc1ccc([N+](=O)[O-])cc1. The second kappa shape index (κ2) is 5.43. The summed E-state index contributed by atoms with van der Waals surface area (Å²) < 4.78 is 4.90. The molecule has 0 aliphatic rings. The van der Waals surface area contributed by atoms with E-state index in [0.717, 1.165) is 5.56 Å². The second-order valence-corrected chi connectivity index (χ2v) is 3.34. The van der Waals surface area contributed by atoms with Crippen molar-refractivity contribution in [3.63, 3.8) is 0 Å². The summed E-state index contributed by atoms with van der Waals surface area (Å²) in [6.45, 7) is 0.483. The number of methoxy groups -OCH3 is 1. The topological polar surface area (TPSA) is 78.4 Å². The maximum atomic E-state index is 10.4. The van der Waals surface area contributed by atoms with Crippen LogP contribution in [0, 0.1) is 10.1 Å². The quantitative estimate of drug-likeness (QED) is 0.583. The summed E-state index contributed by atoms with van der Waals surface area (Å²) in [6, 6.07) is 6.32. The predicted molar refractivity (Wildman–Crippen MR) is 56.7 cm³/mol. The molecule has 0 aromatic heterocycles. The molecule has 5 nitrogen and oxygen atoms in total. The molecule has 0 amide bonds. The van der Waals surface area contributed by atoms with Gasteiger partial charge in [0.2, 0.25) is 0 Å². The van der Waals surface area contributed by atoms with Crippen molar-refractivity contribution in [2.45, 2.75) is 12.5 Å². The van der Waals surface area contributed by atoms with Gasteiger partial charge in [0.1, 0.15) is 0 Å². The van der Waals surface area contributed by atoms with E-state index in [1.54, 1.807) is 19.2 Å². The molecule has 5 heteroatoms. The molecule has 15 heavy (non-hydrogen) atoms. The Balaban J connectivity index is 2.60. The number of nitro groups is 1. The smallest absolute Gasteiger partial charge is 0.269 e. The highest BCUT2D eigenvalue weighted by Gasteiger charge is 2.06. The third-order valence-electron chi connectivity index (χ3n) is 2.03. The molecule has 1 aromatic carbocycles. The van der Waals surface area contributed by atoms with Gasteiger partial charge in [-0.05, 0) is 12.0 Å². The molecule has 2 N–H and O–H groups in total. The molecule has 0 aliphatic carbocycles. The first-order chi connectivity index (χ1) is 7.13. The molecule has 0 bridgehead atoms. The van der Waals surface area contributed by atoms with E-state index in [0.29, 0.717) is 13.0 Å². The van der Waals surface area contributed by atoms with Crippen LogP contribution in [0.25, 0.3) is 0 Å². The fourth-order valence-electron chi connectivity index (χ4n) is 1.33. The fraction of sp³-hybridized carbons (Fsp3) is 0.400. The van der Waals surface area contributed by atoms with Crippen LogP contribution in [0.2, 0.25) is 0 Å². The first-order valence-corrected chi connectivity index (χ1v) is 4.61. The van der Waals surface area contributed by atoms with Crippen molar-refractivity contribution in [2.75, 3.05) is 13.7 Å². The third-order valence-corrected chi connectivity index (χ3v) is 2.03. The molecule has 0 saturated heterocycles. The number of nitro benzene ring substituents is 1. The van der Waals surface area contributed by atoms with E-state index >= 15 is 0 Å². The first-order valence-electron chi connectivity index (χ1n) is 4.61. The van der Waals surface area contributed by atoms with Crippen molar-refractivity contribution in [3.05, 3.63) is 39.9 Å². The van der Waals surface area contributed by atoms with Crippen molar-refractivity contribution in [2.24, 2.45) is 5.73 Å². The summed E-state index contributed by atoms with van der Waals surface area (Å²) >= 11 is 0. The Bertz CT molecular complexity index is 324. The lowest BCUT2D eigenvalue weighted by Crippen LogP contribution is -2.27. The number of rotatable bonds is 5. The van der Waals surface area contributed by atoms with E-state index in [9.17, 15) is 10.1 Å².